The molecule has 2 aromatic rings. The third kappa shape index (κ3) is 9.76. The predicted molar refractivity (Wildman–Crippen MR) is 143 cm³/mol. The Morgan fingerprint density at radius 3 is 1.20 bits per heavy atom. The van der Waals surface area contributed by atoms with Gasteiger partial charge in [0.15, 0.2) is 0 Å². The van der Waals surface area contributed by atoms with Crippen LogP contribution in [-0.4, -0.2) is 95.3 Å². The molecule has 1 saturated heterocycles. The molecule has 0 atom stereocenters. The minimum atomic E-state index is -0.686. The lowest BCUT2D eigenvalue weighted by Gasteiger charge is -2.23. The highest BCUT2D eigenvalue weighted by Gasteiger charge is 2.23. The topological polar surface area (TPSA) is 207 Å². The SMILES string of the molecule is O=[N+]([O-])c1ccc(CN2CCOCCOCCN(Cc3ccc([N+](=O)[O-])cc3[N+](=O)[O-])CCOCC2)c([N+](=O)[O-])c1. The van der Waals surface area contributed by atoms with Crippen LogP contribution in [0.3, 0.4) is 0 Å². The predicted octanol–water partition coefficient (Wildman–Crippen LogP) is 2.69. The summed E-state index contributed by atoms with van der Waals surface area (Å²) in [5.41, 5.74) is -0.793. The Balaban J connectivity index is 1.66. The Morgan fingerprint density at radius 1 is 0.537 bits per heavy atom. The van der Waals surface area contributed by atoms with E-state index in [1.165, 1.54) is 24.3 Å². The van der Waals surface area contributed by atoms with Crippen molar-refractivity contribution in [2.45, 2.75) is 13.1 Å². The largest absolute Gasteiger partial charge is 0.379 e. The molecule has 0 aliphatic carbocycles. The molecule has 222 valence electrons. The molecular weight excluding hydrogens is 548 g/mol. The van der Waals surface area contributed by atoms with Gasteiger partial charge in [-0.1, -0.05) is 0 Å². The van der Waals surface area contributed by atoms with Crippen molar-refractivity contribution in [1.29, 1.82) is 0 Å². The van der Waals surface area contributed by atoms with Crippen LogP contribution in [0.1, 0.15) is 11.1 Å². The zero-order valence-corrected chi connectivity index (χ0v) is 22.1. The Hall–Kier alpha value is -4.16. The van der Waals surface area contributed by atoms with Gasteiger partial charge in [-0.15, -0.1) is 0 Å². The van der Waals surface area contributed by atoms with E-state index in [2.05, 4.69) is 0 Å². The molecule has 0 radical (unpaired) electrons. The molecule has 2 aromatic carbocycles. The van der Waals surface area contributed by atoms with Crippen molar-refractivity contribution in [2.75, 3.05) is 65.8 Å². The molecule has 1 heterocycles. The molecule has 17 nitrogen and oxygen atoms in total. The van der Waals surface area contributed by atoms with E-state index in [4.69, 9.17) is 14.2 Å². The highest BCUT2D eigenvalue weighted by Crippen LogP contribution is 2.27. The molecule has 0 N–H and O–H groups in total. The number of hydrogen-bond donors (Lipinski definition) is 0. The van der Waals surface area contributed by atoms with Gasteiger partial charge in [-0.25, -0.2) is 0 Å². The van der Waals surface area contributed by atoms with E-state index in [1.807, 2.05) is 9.80 Å². The number of benzene rings is 2. The number of non-ortho nitro benzene ring substituents is 2. The Kier molecular flexibility index (Phi) is 11.9. The van der Waals surface area contributed by atoms with Crippen molar-refractivity contribution >= 4 is 22.7 Å². The van der Waals surface area contributed by atoms with Gasteiger partial charge in [-0.3, -0.25) is 50.3 Å². The van der Waals surface area contributed by atoms with Crippen LogP contribution in [0.25, 0.3) is 0 Å². The van der Waals surface area contributed by atoms with Gasteiger partial charge in [0.2, 0.25) is 0 Å². The van der Waals surface area contributed by atoms with Crippen molar-refractivity contribution in [3.05, 3.63) is 88.0 Å². The fourth-order valence-corrected chi connectivity index (χ4v) is 4.16. The van der Waals surface area contributed by atoms with E-state index in [1.54, 1.807) is 0 Å². The van der Waals surface area contributed by atoms with E-state index >= 15 is 0 Å². The molecule has 1 aliphatic heterocycles. The molecule has 0 amide bonds. The first-order valence-electron chi connectivity index (χ1n) is 12.7. The summed E-state index contributed by atoms with van der Waals surface area (Å²) in [6.07, 6.45) is 0. The van der Waals surface area contributed by atoms with E-state index in [0.717, 1.165) is 12.1 Å². The summed E-state index contributed by atoms with van der Waals surface area (Å²) in [6.45, 7) is 3.70. The normalized spacial score (nSPS) is 16.8. The van der Waals surface area contributed by atoms with Crippen molar-refractivity contribution in [3.8, 4) is 0 Å². The highest BCUT2D eigenvalue weighted by atomic mass is 16.6. The van der Waals surface area contributed by atoms with Crippen LogP contribution < -0.4 is 0 Å². The lowest BCUT2D eigenvalue weighted by atomic mass is 10.1. The first kappa shape index (κ1) is 31.4. The standard InChI is InChI=1S/C24H30N6O11/c31-27(32)21-3-1-19(23(15-21)29(35)36)17-25-5-9-39-10-6-26(8-12-41-14-13-40-11-7-25)18-20-2-4-22(28(33)34)16-24(20)30(37)38/h1-4,15-16H,5-14,17-18H2. The number of nitro groups is 4. The van der Waals surface area contributed by atoms with Gasteiger partial charge >= 0.3 is 0 Å². The maximum Gasteiger partial charge on any atom is 0.280 e. The monoisotopic (exact) mass is 578 g/mol. The second-order valence-corrected chi connectivity index (χ2v) is 9.04. The van der Waals surface area contributed by atoms with Gasteiger partial charge in [0.05, 0.1) is 71.5 Å². The van der Waals surface area contributed by atoms with Crippen LogP contribution in [0.15, 0.2) is 36.4 Å². The second kappa shape index (κ2) is 15.6. The van der Waals surface area contributed by atoms with Gasteiger partial charge in [-0.2, -0.15) is 0 Å². The van der Waals surface area contributed by atoms with Gasteiger partial charge in [0, 0.05) is 62.5 Å². The summed E-state index contributed by atoms with van der Waals surface area (Å²) in [4.78, 5) is 46.3. The summed E-state index contributed by atoms with van der Waals surface area (Å²) >= 11 is 0. The summed E-state index contributed by atoms with van der Waals surface area (Å²) in [7, 11) is 0. The van der Waals surface area contributed by atoms with Crippen molar-refractivity contribution in [1.82, 2.24) is 9.80 Å². The lowest BCUT2D eigenvalue weighted by Crippen LogP contribution is -2.33. The van der Waals surface area contributed by atoms with E-state index in [0.29, 0.717) is 63.7 Å². The fourth-order valence-electron chi connectivity index (χ4n) is 4.16. The Bertz CT molecular complexity index is 1150. The minimum Gasteiger partial charge on any atom is -0.379 e. The van der Waals surface area contributed by atoms with Crippen LogP contribution in [0.2, 0.25) is 0 Å². The molecular formula is C24H30N6O11. The Labute approximate surface area is 233 Å². The number of ether oxygens (including phenoxy) is 3. The van der Waals surface area contributed by atoms with Crippen LogP contribution in [0, 0.1) is 40.5 Å². The zero-order chi connectivity index (χ0) is 29.8. The quantitative estimate of drug-likeness (QED) is 0.326. The number of hydrogen-bond acceptors (Lipinski definition) is 13. The number of rotatable bonds is 8. The molecule has 0 unspecified atom stereocenters. The van der Waals surface area contributed by atoms with Gasteiger partial charge < -0.3 is 14.2 Å². The molecule has 0 saturated carbocycles. The van der Waals surface area contributed by atoms with Gasteiger partial charge in [0.25, 0.3) is 22.7 Å². The van der Waals surface area contributed by atoms with E-state index < -0.39 is 19.7 Å². The molecule has 0 bridgehead atoms. The molecule has 17 heteroatoms. The van der Waals surface area contributed by atoms with Crippen molar-refractivity contribution < 1.29 is 33.9 Å². The molecule has 1 fully saturated rings. The second-order valence-electron chi connectivity index (χ2n) is 9.04. The summed E-state index contributed by atoms with van der Waals surface area (Å²) in [5.74, 6) is 0. The zero-order valence-electron chi connectivity index (χ0n) is 22.1. The molecule has 1 aliphatic rings. The van der Waals surface area contributed by atoms with Gasteiger partial charge in [0.1, 0.15) is 0 Å². The average Bonchev–Trinajstić information content (AvgIpc) is 2.94. The number of nitro benzene ring substituents is 4. The van der Waals surface area contributed by atoms with E-state index in [9.17, 15) is 40.5 Å². The average molecular weight is 579 g/mol. The fraction of sp³-hybridized carbons (Fsp3) is 0.500. The molecule has 0 aromatic heterocycles. The molecule has 3 rings (SSSR count). The maximum atomic E-state index is 11.5. The third-order valence-electron chi connectivity index (χ3n) is 6.32. The van der Waals surface area contributed by atoms with Gasteiger partial charge in [-0.05, 0) is 12.1 Å². The van der Waals surface area contributed by atoms with Crippen LogP contribution in [0.4, 0.5) is 22.7 Å². The van der Waals surface area contributed by atoms with Crippen LogP contribution in [-0.2, 0) is 27.3 Å². The smallest absolute Gasteiger partial charge is 0.280 e. The Morgan fingerprint density at radius 2 is 0.878 bits per heavy atom. The first-order chi connectivity index (χ1) is 19.7. The van der Waals surface area contributed by atoms with Crippen molar-refractivity contribution in [2.24, 2.45) is 0 Å². The highest BCUT2D eigenvalue weighted by molar-refractivity contribution is 5.50. The van der Waals surface area contributed by atoms with Crippen LogP contribution >= 0.6 is 0 Å². The third-order valence-corrected chi connectivity index (χ3v) is 6.32. The first-order valence-corrected chi connectivity index (χ1v) is 12.7. The number of nitrogens with zero attached hydrogens (tertiary/aromatic N) is 6. The lowest BCUT2D eigenvalue weighted by molar-refractivity contribution is -0.395. The van der Waals surface area contributed by atoms with Crippen molar-refractivity contribution in [3.63, 3.8) is 0 Å². The van der Waals surface area contributed by atoms with E-state index in [-0.39, 0.29) is 49.1 Å². The minimum absolute atomic E-state index is 0.146. The molecule has 41 heavy (non-hydrogen) atoms. The summed E-state index contributed by atoms with van der Waals surface area (Å²) in [6, 6.07) is 7.08. The molecule has 0 spiro atoms. The maximum absolute atomic E-state index is 11.5. The van der Waals surface area contributed by atoms with Crippen LogP contribution in [0.5, 0.6) is 0 Å². The summed E-state index contributed by atoms with van der Waals surface area (Å²) < 4.78 is 17.0. The summed E-state index contributed by atoms with van der Waals surface area (Å²) in [5, 5.41) is 45.2.